The zero-order chi connectivity index (χ0) is 53.7. The molecule has 4 aliphatic heterocycles. The van der Waals surface area contributed by atoms with Gasteiger partial charge in [-0.1, -0.05) is 86.7 Å². The van der Waals surface area contributed by atoms with Crippen LogP contribution in [-0.4, -0.2) is 53.2 Å². The molecule has 8 aromatic rings. The van der Waals surface area contributed by atoms with E-state index in [2.05, 4.69) is 123 Å². The van der Waals surface area contributed by atoms with Gasteiger partial charge in [-0.05, 0) is 121 Å². The highest BCUT2D eigenvalue weighted by molar-refractivity contribution is 5.98. The Morgan fingerprint density at radius 3 is 1.19 bits per heavy atom. The number of aryl methyl sites for hydroxylation is 2. The van der Waals surface area contributed by atoms with E-state index in [-0.39, 0.29) is 17.4 Å². The van der Waals surface area contributed by atoms with Crippen LogP contribution in [-0.2, 0) is 26.1 Å². The zero-order valence-electron chi connectivity index (χ0n) is 44.7. The summed E-state index contributed by atoms with van der Waals surface area (Å²) in [5.74, 6) is 1.84. The average molecular weight is 1020 g/mol. The van der Waals surface area contributed by atoms with Crippen LogP contribution < -0.4 is 29.1 Å². The molecular weight excluding hydrogens is 957 g/mol. The summed E-state index contributed by atoms with van der Waals surface area (Å²) in [6, 6.07) is 53.3. The Morgan fingerprint density at radius 1 is 0.455 bits per heavy atom. The maximum Gasteiger partial charge on any atom is 0.340 e. The summed E-state index contributed by atoms with van der Waals surface area (Å²) in [5.41, 5.74) is 13.0. The Morgan fingerprint density at radius 2 is 0.818 bits per heavy atom. The highest BCUT2D eigenvalue weighted by Crippen LogP contribution is 2.60. The third-order valence-corrected chi connectivity index (χ3v) is 16.1. The van der Waals surface area contributed by atoms with Crippen molar-refractivity contribution >= 4 is 46.1 Å². The van der Waals surface area contributed by atoms with Crippen molar-refractivity contribution in [1.29, 1.82) is 0 Å². The molecule has 4 heterocycles. The van der Waals surface area contributed by atoms with Crippen LogP contribution in [0.2, 0.25) is 0 Å². The minimum atomic E-state index is -1.21. The second-order valence-corrected chi connectivity index (χ2v) is 21.4. The molecule has 0 aliphatic carbocycles. The first-order chi connectivity index (χ1) is 37.1. The second-order valence-electron chi connectivity index (χ2n) is 21.4. The molecule has 2 atom stereocenters. The van der Waals surface area contributed by atoms with Crippen molar-refractivity contribution in [2.45, 2.75) is 44.3 Å². The summed E-state index contributed by atoms with van der Waals surface area (Å²) < 4.78 is 26.6. The third-order valence-electron chi connectivity index (χ3n) is 16.1. The predicted octanol–water partition coefficient (Wildman–Crippen LogP) is 14.5. The van der Waals surface area contributed by atoms with Gasteiger partial charge in [0.05, 0.1) is 11.1 Å². The van der Waals surface area contributed by atoms with Crippen molar-refractivity contribution in [3.8, 4) is 23.0 Å². The summed E-state index contributed by atoms with van der Waals surface area (Å²) in [6.07, 6.45) is 3.81. The molecule has 384 valence electrons. The zero-order valence-corrected chi connectivity index (χ0v) is 44.7. The monoisotopic (exact) mass is 1020 g/mol. The molecule has 2 unspecified atom stereocenters. The van der Waals surface area contributed by atoms with E-state index in [1.54, 1.807) is 0 Å². The van der Waals surface area contributed by atoms with Gasteiger partial charge >= 0.3 is 11.9 Å². The molecule has 0 saturated heterocycles. The van der Waals surface area contributed by atoms with Crippen LogP contribution in [0.25, 0.3) is 0 Å². The van der Waals surface area contributed by atoms with E-state index >= 15 is 0 Å². The van der Waals surface area contributed by atoms with Gasteiger partial charge in [0.1, 0.15) is 23.0 Å². The molecule has 0 amide bonds. The molecule has 2 spiro atoms. The van der Waals surface area contributed by atoms with Gasteiger partial charge in [-0.3, -0.25) is 0 Å². The molecule has 0 fully saturated rings. The van der Waals surface area contributed by atoms with Crippen molar-refractivity contribution in [3.63, 3.8) is 0 Å². The van der Waals surface area contributed by atoms with E-state index in [4.69, 9.17) is 18.9 Å². The van der Waals surface area contributed by atoms with Crippen LogP contribution >= 0.6 is 0 Å². The highest BCUT2D eigenvalue weighted by atomic mass is 16.6. The van der Waals surface area contributed by atoms with Gasteiger partial charge in [0.15, 0.2) is 11.2 Å². The maximum atomic E-state index is 13.8. The topological polar surface area (TPSA) is 84.0 Å². The standard InChI is InChI=1S/C67H60N4O6/c1-11-33-70(57-39-55-59(35-41(57)3)74-61-37-47(68(7)8)29-31-53(61)66(55)51-19-15-13-17-49(51)63(72)76-66)45-25-21-43(22-26-45)65(5,6)44-23-27-46(28-24-44)71(34-12-2)58-40-56-60(36-42(58)4)75-62-38-48(69(9)10)30-32-54(62)67(56)52-20-16-14-18-50(52)64(73)77-67/h11-32,35-40H,1-2,33-34H2,3-10H3. The van der Waals surface area contributed by atoms with Gasteiger partial charge in [0.2, 0.25) is 0 Å². The van der Waals surface area contributed by atoms with Crippen LogP contribution in [0.1, 0.15) is 90.2 Å². The number of carbonyl (C=O) groups excluding carboxylic acids is 2. The molecule has 10 nitrogen and oxygen atoms in total. The van der Waals surface area contributed by atoms with Crippen LogP contribution in [0.5, 0.6) is 23.0 Å². The van der Waals surface area contributed by atoms with Crippen LogP contribution in [0.15, 0.2) is 183 Å². The lowest BCUT2D eigenvalue weighted by atomic mass is 9.77. The fourth-order valence-corrected chi connectivity index (χ4v) is 12.0. The molecule has 0 radical (unpaired) electrons. The smallest absolute Gasteiger partial charge is 0.340 e. The van der Waals surface area contributed by atoms with Gasteiger partial charge in [-0.2, -0.15) is 0 Å². The predicted molar refractivity (Wildman–Crippen MR) is 307 cm³/mol. The average Bonchev–Trinajstić information content (AvgIpc) is 4.09. The van der Waals surface area contributed by atoms with Crippen LogP contribution in [0.4, 0.5) is 34.1 Å². The Balaban J connectivity index is 0.867. The fraction of sp³-hybridized carbons (Fsp3) is 0.194. The van der Waals surface area contributed by atoms with E-state index < -0.39 is 11.2 Å². The molecule has 0 N–H and O–H groups in total. The fourth-order valence-electron chi connectivity index (χ4n) is 12.0. The summed E-state index contributed by atoms with van der Waals surface area (Å²) in [7, 11) is 7.98. The highest BCUT2D eigenvalue weighted by Gasteiger charge is 2.55. The molecule has 10 heteroatoms. The van der Waals surface area contributed by atoms with E-state index in [9.17, 15) is 9.59 Å². The van der Waals surface area contributed by atoms with Crippen molar-refractivity contribution in [2.24, 2.45) is 0 Å². The molecule has 0 aromatic heterocycles. The number of rotatable bonds is 12. The normalized spacial score (nSPS) is 17.1. The summed E-state index contributed by atoms with van der Waals surface area (Å²) in [6.45, 7) is 18.1. The van der Waals surface area contributed by atoms with Gasteiger partial charge in [-0.25, -0.2) is 9.59 Å². The molecular formula is C67H60N4O6. The van der Waals surface area contributed by atoms with Crippen molar-refractivity contribution in [1.82, 2.24) is 0 Å². The van der Waals surface area contributed by atoms with E-state index in [1.165, 1.54) is 0 Å². The number of hydrogen-bond donors (Lipinski definition) is 0. The first kappa shape index (κ1) is 48.9. The van der Waals surface area contributed by atoms with Crippen LogP contribution in [0, 0.1) is 13.8 Å². The van der Waals surface area contributed by atoms with E-state index in [0.29, 0.717) is 47.2 Å². The molecule has 8 aromatic carbocycles. The lowest BCUT2D eigenvalue weighted by molar-refractivity contribution is 0.0214. The number of nitrogens with zero attached hydrogens (tertiary/aromatic N) is 4. The van der Waals surface area contributed by atoms with Gasteiger partial charge in [0, 0.05) is 126 Å². The molecule has 0 bridgehead atoms. The number of carbonyl (C=O) groups is 2. The largest absolute Gasteiger partial charge is 0.456 e. The lowest BCUT2D eigenvalue weighted by Gasteiger charge is -2.38. The SMILES string of the molecule is C=CCN(c1ccc(C(C)(C)c2ccc(N(CC=C)c3cc4c(cc3C)Oc3cc(N(C)C)ccc3C43OC(=O)c4ccccc43)cc2)cc1)c1cc2c(cc1C)Oc1cc(N(C)C)ccc1C21OC(=O)c2ccccc21. The number of ether oxygens (including phenoxy) is 4. The first-order valence-electron chi connectivity index (χ1n) is 26.0. The number of esters is 2. The van der Waals surface area contributed by atoms with E-state index in [0.717, 1.165) is 89.8 Å². The van der Waals surface area contributed by atoms with Crippen molar-refractivity contribution < 1.29 is 28.5 Å². The maximum absolute atomic E-state index is 13.8. The molecule has 12 rings (SSSR count). The van der Waals surface area contributed by atoms with Crippen molar-refractivity contribution in [2.75, 3.05) is 60.9 Å². The van der Waals surface area contributed by atoms with Gasteiger partial charge in [-0.15, -0.1) is 13.2 Å². The van der Waals surface area contributed by atoms with Crippen molar-refractivity contribution in [3.05, 3.63) is 250 Å². The van der Waals surface area contributed by atoms with Gasteiger partial charge in [0.25, 0.3) is 0 Å². The van der Waals surface area contributed by atoms with Crippen LogP contribution in [0.3, 0.4) is 0 Å². The van der Waals surface area contributed by atoms with Gasteiger partial charge < -0.3 is 38.5 Å². The number of anilines is 6. The molecule has 77 heavy (non-hydrogen) atoms. The van der Waals surface area contributed by atoms with E-state index in [1.807, 2.05) is 135 Å². The number of fused-ring (bicyclic) bond motifs is 12. The Bertz CT molecular complexity index is 3520. The quantitative estimate of drug-likeness (QED) is 0.0871. The Hall–Kier alpha value is -9.02. The third kappa shape index (κ3) is 7.44. The number of benzene rings is 8. The number of hydrogen-bond acceptors (Lipinski definition) is 10. The minimum Gasteiger partial charge on any atom is -0.456 e. The second kappa shape index (κ2) is 18.1. The Kier molecular flexibility index (Phi) is 11.5. The summed E-state index contributed by atoms with van der Waals surface area (Å²) in [4.78, 5) is 36.1. The Labute approximate surface area is 450 Å². The molecule has 4 aliphatic rings. The minimum absolute atomic E-state index is 0.368. The summed E-state index contributed by atoms with van der Waals surface area (Å²) >= 11 is 0. The first-order valence-corrected chi connectivity index (χ1v) is 26.0. The molecule has 0 saturated carbocycles. The summed E-state index contributed by atoms with van der Waals surface area (Å²) in [5, 5.41) is 0. The lowest BCUT2D eigenvalue weighted by Crippen LogP contribution is -2.33.